The van der Waals surface area contributed by atoms with Crippen LogP contribution in [0.5, 0.6) is 0 Å². The average Bonchev–Trinajstić information content (AvgIpc) is 2.37. The van der Waals surface area contributed by atoms with Crippen LogP contribution in [0.25, 0.3) is 0 Å². The van der Waals surface area contributed by atoms with Gasteiger partial charge in [0.2, 0.25) is 5.91 Å². The van der Waals surface area contributed by atoms with Crippen molar-refractivity contribution in [2.75, 3.05) is 13.1 Å². The number of halogens is 1. The van der Waals surface area contributed by atoms with E-state index in [-0.39, 0.29) is 28.5 Å². The summed E-state index contributed by atoms with van der Waals surface area (Å²) in [5.41, 5.74) is 1.00. The minimum atomic E-state index is -1.04. The first-order valence-electron chi connectivity index (χ1n) is 6.93. The number of piperazine rings is 1. The molecule has 6 heteroatoms. The van der Waals surface area contributed by atoms with Crippen molar-refractivity contribution in [3.63, 3.8) is 0 Å². The van der Waals surface area contributed by atoms with Crippen LogP contribution in [0.1, 0.15) is 29.8 Å². The lowest BCUT2D eigenvalue weighted by Gasteiger charge is -2.37. The Morgan fingerprint density at radius 1 is 1.52 bits per heavy atom. The maximum atomic E-state index is 12.0. The Bertz CT molecular complexity index is 560. The third kappa shape index (κ3) is 3.54. The van der Waals surface area contributed by atoms with Crippen molar-refractivity contribution in [3.8, 4) is 0 Å². The SMILES string of the molecule is CC(C)C1C(=O)NCCN1Cc1ccc(C(=O)O)c(Cl)c1. The van der Waals surface area contributed by atoms with E-state index in [0.717, 1.165) is 12.1 Å². The predicted octanol–water partition coefficient (Wildman–Crippen LogP) is 1.99. The number of aromatic carboxylic acids is 1. The molecule has 1 aromatic rings. The third-order valence-corrected chi connectivity index (χ3v) is 3.95. The Kier molecular flexibility index (Phi) is 4.85. The van der Waals surface area contributed by atoms with Crippen molar-refractivity contribution < 1.29 is 14.7 Å². The zero-order chi connectivity index (χ0) is 15.6. The zero-order valence-electron chi connectivity index (χ0n) is 12.1. The van der Waals surface area contributed by atoms with E-state index in [2.05, 4.69) is 10.2 Å². The number of carbonyl (C=O) groups excluding carboxylic acids is 1. The third-order valence-electron chi connectivity index (χ3n) is 3.64. The van der Waals surface area contributed by atoms with E-state index in [1.807, 2.05) is 13.8 Å². The summed E-state index contributed by atoms with van der Waals surface area (Å²) in [6, 6.07) is 4.75. The van der Waals surface area contributed by atoms with Gasteiger partial charge in [-0.3, -0.25) is 9.69 Å². The number of hydrogen-bond acceptors (Lipinski definition) is 3. The highest BCUT2D eigenvalue weighted by atomic mass is 35.5. The molecule has 2 rings (SSSR count). The molecule has 21 heavy (non-hydrogen) atoms. The maximum absolute atomic E-state index is 12.0. The monoisotopic (exact) mass is 310 g/mol. The normalized spacial score (nSPS) is 19.6. The summed E-state index contributed by atoms with van der Waals surface area (Å²) in [6.07, 6.45) is 0. The number of benzene rings is 1. The minimum Gasteiger partial charge on any atom is -0.478 e. The van der Waals surface area contributed by atoms with Gasteiger partial charge in [0.1, 0.15) is 0 Å². The van der Waals surface area contributed by atoms with Gasteiger partial charge >= 0.3 is 5.97 Å². The van der Waals surface area contributed by atoms with E-state index in [1.165, 1.54) is 6.07 Å². The maximum Gasteiger partial charge on any atom is 0.337 e. The van der Waals surface area contributed by atoms with Gasteiger partial charge in [0.15, 0.2) is 0 Å². The van der Waals surface area contributed by atoms with E-state index in [1.54, 1.807) is 12.1 Å². The topological polar surface area (TPSA) is 69.6 Å². The lowest BCUT2D eigenvalue weighted by molar-refractivity contribution is -0.131. The van der Waals surface area contributed by atoms with Crippen LogP contribution in [0.4, 0.5) is 0 Å². The fraction of sp³-hybridized carbons (Fsp3) is 0.467. The molecule has 0 bridgehead atoms. The van der Waals surface area contributed by atoms with Crippen molar-refractivity contribution in [2.24, 2.45) is 5.92 Å². The number of amides is 1. The van der Waals surface area contributed by atoms with Crippen LogP contribution in [0.2, 0.25) is 5.02 Å². The molecule has 1 atom stereocenters. The second-order valence-electron chi connectivity index (χ2n) is 5.57. The van der Waals surface area contributed by atoms with Gasteiger partial charge in [0.05, 0.1) is 16.6 Å². The molecular weight excluding hydrogens is 292 g/mol. The number of nitrogens with zero attached hydrogens (tertiary/aromatic N) is 1. The second kappa shape index (κ2) is 6.45. The van der Waals surface area contributed by atoms with Crippen LogP contribution in [0.3, 0.4) is 0 Å². The molecule has 1 unspecified atom stereocenters. The Labute approximate surface area is 128 Å². The van der Waals surface area contributed by atoms with Crippen molar-refractivity contribution >= 4 is 23.5 Å². The van der Waals surface area contributed by atoms with Crippen LogP contribution in [0, 0.1) is 5.92 Å². The van der Waals surface area contributed by atoms with Gasteiger partial charge < -0.3 is 10.4 Å². The number of carboxylic acid groups (broad SMARTS) is 1. The van der Waals surface area contributed by atoms with Gasteiger partial charge in [-0.15, -0.1) is 0 Å². The van der Waals surface area contributed by atoms with Gasteiger partial charge in [-0.05, 0) is 23.6 Å². The van der Waals surface area contributed by atoms with Crippen LogP contribution in [0.15, 0.2) is 18.2 Å². The highest BCUT2D eigenvalue weighted by molar-refractivity contribution is 6.33. The van der Waals surface area contributed by atoms with E-state index < -0.39 is 5.97 Å². The van der Waals surface area contributed by atoms with Crippen LogP contribution < -0.4 is 5.32 Å². The fourth-order valence-corrected chi connectivity index (χ4v) is 2.98. The molecule has 1 amide bonds. The molecule has 5 nitrogen and oxygen atoms in total. The molecular formula is C15H19ClN2O3. The van der Waals surface area contributed by atoms with E-state index in [9.17, 15) is 9.59 Å². The predicted molar refractivity (Wildman–Crippen MR) is 80.5 cm³/mol. The molecule has 0 saturated carbocycles. The Hall–Kier alpha value is -1.59. The smallest absolute Gasteiger partial charge is 0.337 e. The molecule has 1 heterocycles. The molecule has 0 radical (unpaired) electrons. The average molecular weight is 311 g/mol. The first-order chi connectivity index (χ1) is 9.90. The summed E-state index contributed by atoms with van der Waals surface area (Å²) in [5.74, 6) is -0.785. The zero-order valence-corrected chi connectivity index (χ0v) is 12.9. The summed E-state index contributed by atoms with van der Waals surface area (Å²) < 4.78 is 0. The molecule has 1 aromatic carbocycles. The molecule has 1 aliphatic rings. The second-order valence-corrected chi connectivity index (χ2v) is 5.98. The van der Waals surface area contributed by atoms with Crippen LogP contribution in [-0.2, 0) is 11.3 Å². The van der Waals surface area contributed by atoms with Gasteiger partial charge in [0.25, 0.3) is 0 Å². The molecule has 2 N–H and O–H groups in total. The summed E-state index contributed by atoms with van der Waals surface area (Å²) in [5, 5.41) is 12.1. The number of nitrogens with one attached hydrogen (secondary N) is 1. The highest BCUT2D eigenvalue weighted by Crippen LogP contribution is 2.22. The molecule has 1 fully saturated rings. The summed E-state index contributed by atoms with van der Waals surface area (Å²) in [4.78, 5) is 25.1. The standard InChI is InChI=1S/C15H19ClN2O3/c1-9(2)13-14(19)17-5-6-18(13)8-10-3-4-11(15(20)21)12(16)7-10/h3-4,7,9,13H,5-6,8H2,1-2H3,(H,17,19)(H,20,21). The first-order valence-corrected chi connectivity index (χ1v) is 7.31. The lowest BCUT2D eigenvalue weighted by atomic mass is 9.98. The van der Waals surface area contributed by atoms with E-state index in [4.69, 9.17) is 16.7 Å². The fourth-order valence-electron chi connectivity index (χ4n) is 2.70. The van der Waals surface area contributed by atoms with Gasteiger partial charge in [0, 0.05) is 19.6 Å². The Morgan fingerprint density at radius 2 is 2.24 bits per heavy atom. The summed E-state index contributed by atoms with van der Waals surface area (Å²) in [6.45, 7) is 6.01. The number of rotatable bonds is 4. The first kappa shape index (κ1) is 15.8. The summed E-state index contributed by atoms with van der Waals surface area (Å²) >= 11 is 5.99. The van der Waals surface area contributed by atoms with Crippen LogP contribution >= 0.6 is 11.6 Å². The quantitative estimate of drug-likeness (QED) is 0.892. The molecule has 114 valence electrons. The molecule has 1 aliphatic heterocycles. The number of carbonyl (C=O) groups is 2. The van der Waals surface area contributed by atoms with Crippen molar-refractivity contribution in [3.05, 3.63) is 34.3 Å². The number of carboxylic acids is 1. The largest absolute Gasteiger partial charge is 0.478 e. The minimum absolute atomic E-state index is 0.0458. The molecule has 1 saturated heterocycles. The van der Waals surface area contributed by atoms with E-state index >= 15 is 0 Å². The number of hydrogen-bond donors (Lipinski definition) is 2. The van der Waals surface area contributed by atoms with Gasteiger partial charge in [-0.25, -0.2) is 4.79 Å². The van der Waals surface area contributed by atoms with Gasteiger partial charge in [-0.2, -0.15) is 0 Å². The molecule has 0 aliphatic carbocycles. The Balaban J connectivity index is 2.18. The van der Waals surface area contributed by atoms with Crippen LogP contribution in [-0.4, -0.2) is 41.0 Å². The Morgan fingerprint density at radius 3 is 2.81 bits per heavy atom. The summed E-state index contributed by atoms with van der Waals surface area (Å²) in [7, 11) is 0. The molecule has 0 aromatic heterocycles. The van der Waals surface area contributed by atoms with Crippen molar-refractivity contribution in [1.29, 1.82) is 0 Å². The lowest BCUT2D eigenvalue weighted by Crippen LogP contribution is -2.56. The van der Waals surface area contributed by atoms with Crippen molar-refractivity contribution in [2.45, 2.75) is 26.4 Å². The molecule has 0 spiro atoms. The van der Waals surface area contributed by atoms with Gasteiger partial charge in [-0.1, -0.05) is 31.5 Å². The van der Waals surface area contributed by atoms with E-state index in [0.29, 0.717) is 13.1 Å². The highest BCUT2D eigenvalue weighted by Gasteiger charge is 2.32. The van der Waals surface area contributed by atoms with Crippen molar-refractivity contribution in [1.82, 2.24) is 10.2 Å².